The number of allylic oxidation sites excluding steroid dienone is 2. The van der Waals surface area contributed by atoms with Crippen LogP contribution in [-0.4, -0.2) is 22.5 Å². The first kappa shape index (κ1) is 26.3. The number of hydrogen-bond acceptors (Lipinski definition) is 3. The molecule has 0 aliphatic rings. The van der Waals surface area contributed by atoms with Crippen molar-refractivity contribution in [2.45, 2.75) is 66.7 Å². The number of aromatic nitrogens is 2. The third kappa shape index (κ3) is 7.46. The minimum atomic E-state index is -0.540. The van der Waals surface area contributed by atoms with Gasteiger partial charge < -0.3 is 5.73 Å². The van der Waals surface area contributed by atoms with Crippen molar-refractivity contribution in [3.8, 4) is 0 Å². The van der Waals surface area contributed by atoms with Crippen molar-refractivity contribution in [2.75, 3.05) is 6.54 Å². The molecule has 31 heavy (non-hydrogen) atoms. The van der Waals surface area contributed by atoms with E-state index in [0.717, 1.165) is 54.8 Å². The van der Waals surface area contributed by atoms with Crippen molar-refractivity contribution in [2.24, 2.45) is 10.7 Å². The van der Waals surface area contributed by atoms with Crippen molar-refractivity contribution >= 4 is 16.9 Å². The highest BCUT2D eigenvalue weighted by Gasteiger charge is 2.13. The van der Waals surface area contributed by atoms with Crippen LogP contribution in [0.15, 0.2) is 36.1 Å². The molecule has 0 aliphatic carbocycles. The Labute approximate surface area is 185 Å². The van der Waals surface area contributed by atoms with Crippen LogP contribution in [0.2, 0.25) is 0 Å². The van der Waals surface area contributed by atoms with Gasteiger partial charge in [-0.15, -0.1) is 0 Å². The van der Waals surface area contributed by atoms with Gasteiger partial charge >= 0.3 is 0 Å². The first-order valence-corrected chi connectivity index (χ1v) is 10.9. The molecule has 0 bridgehead atoms. The molecule has 0 saturated carbocycles. The molecule has 6 heteroatoms. The molecule has 1 aromatic heterocycles. The van der Waals surface area contributed by atoms with Crippen LogP contribution in [0, 0.1) is 18.6 Å². The van der Waals surface area contributed by atoms with Crippen molar-refractivity contribution < 1.29 is 8.78 Å². The molecule has 0 unspecified atom stereocenters. The summed E-state index contributed by atoms with van der Waals surface area (Å²) in [6.07, 6.45) is 8.31. The number of nitrogens with zero attached hydrogens (tertiary/aromatic N) is 2. The second-order valence-electron chi connectivity index (χ2n) is 7.47. The first-order chi connectivity index (χ1) is 14.8. The van der Waals surface area contributed by atoms with E-state index >= 15 is 0 Å². The third-order valence-electron chi connectivity index (χ3n) is 4.86. The molecule has 0 radical (unpaired) electrons. The summed E-state index contributed by atoms with van der Waals surface area (Å²) in [5.74, 6) is -1.02. The van der Waals surface area contributed by atoms with E-state index in [1.165, 1.54) is 12.1 Å². The van der Waals surface area contributed by atoms with Gasteiger partial charge in [0.1, 0.15) is 11.6 Å². The maximum atomic E-state index is 13.5. The highest BCUT2D eigenvalue weighted by Crippen LogP contribution is 2.23. The topological polar surface area (TPSA) is 67.1 Å². The number of nitrogens with one attached hydrogen (secondary N) is 1. The summed E-state index contributed by atoms with van der Waals surface area (Å²) in [5.41, 5.74) is 10.9. The Balaban J connectivity index is 0.000000327. The van der Waals surface area contributed by atoms with Gasteiger partial charge in [-0.3, -0.25) is 10.1 Å². The van der Waals surface area contributed by atoms with Crippen molar-refractivity contribution in [3.63, 3.8) is 0 Å². The minimum Gasteiger partial charge on any atom is -0.404 e. The van der Waals surface area contributed by atoms with E-state index in [9.17, 15) is 8.78 Å². The Hall–Kier alpha value is -2.76. The summed E-state index contributed by atoms with van der Waals surface area (Å²) in [6, 6.07) is 2.75. The average Bonchev–Trinajstić information content (AvgIpc) is 3.15. The van der Waals surface area contributed by atoms with Gasteiger partial charge in [0, 0.05) is 29.6 Å². The zero-order valence-electron chi connectivity index (χ0n) is 19.5. The van der Waals surface area contributed by atoms with Gasteiger partial charge in [0.15, 0.2) is 0 Å². The fourth-order valence-corrected chi connectivity index (χ4v) is 3.11. The summed E-state index contributed by atoms with van der Waals surface area (Å²) in [5, 5.41) is 7.06. The predicted molar refractivity (Wildman–Crippen MR) is 128 cm³/mol. The molecule has 2 rings (SSSR count). The summed E-state index contributed by atoms with van der Waals surface area (Å²) in [4.78, 5) is 4.69. The first-order valence-electron chi connectivity index (χ1n) is 10.9. The lowest BCUT2D eigenvalue weighted by atomic mass is 10.0. The standard InChI is InChI=1S/C14H24N4.C11H12F2/c1-4-6-8-16-13(7-5-2)12(9-15)14-11(3)10-17-18-14;1-4-8-5-6-9(12)10(7(2)3)11(8)13/h9-10H,4-8,15H2,1-3H3,(H,17,18);5-6H,2,4H2,1,3H3/b12-9+,16-13?;. The molecule has 0 saturated heterocycles. The number of H-pyrrole nitrogens is 1. The number of unbranched alkanes of at least 4 members (excludes halogenated alkanes) is 1. The number of nitrogens with two attached hydrogens (primary N) is 1. The molecule has 0 amide bonds. The maximum absolute atomic E-state index is 13.5. The molecule has 3 N–H and O–H groups in total. The lowest BCUT2D eigenvalue weighted by molar-refractivity contribution is 0.567. The van der Waals surface area contributed by atoms with E-state index in [1.807, 2.05) is 20.0 Å². The molecule has 170 valence electrons. The maximum Gasteiger partial charge on any atom is 0.136 e. The van der Waals surface area contributed by atoms with E-state index in [1.54, 1.807) is 13.1 Å². The molecule has 0 fully saturated rings. The molecule has 0 spiro atoms. The van der Waals surface area contributed by atoms with Crippen LogP contribution in [0.5, 0.6) is 0 Å². The zero-order valence-corrected chi connectivity index (χ0v) is 19.5. The van der Waals surface area contributed by atoms with Crippen LogP contribution in [0.25, 0.3) is 11.1 Å². The van der Waals surface area contributed by atoms with Crippen molar-refractivity contribution in [1.82, 2.24) is 10.2 Å². The van der Waals surface area contributed by atoms with Crippen molar-refractivity contribution in [1.29, 1.82) is 0 Å². The van der Waals surface area contributed by atoms with E-state index in [0.29, 0.717) is 17.6 Å². The molecule has 0 aliphatic heterocycles. The molecule has 2 aromatic rings. The lowest BCUT2D eigenvalue weighted by Gasteiger charge is -2.09. The van der Waals surface area contributed by atoms with E-state index in [4.69, 9.17) is 10.7 Å². The van der Waals surface area contributed by atoms with Crippen LogP contribution < -0.4 is 5.73 Å². The van der Waals surface area contributed by atoms with E-state index in [-0.39, 0.29) is 5.56 Å². The highest BCUT2D eigenvalue weighted by atomic mass is 19.1. The number of benzene rings is 1. The second-order valence-corrected chi connectivity index (χ2v) is 7.47. The normalized spacial score (nSPS) is 11.8. The summed E-state index contributed by atoms with van der Waals surface area (Å²) in [7, 11) is 0. The molecule has 4 nitrogen and oxygen atoms in total. The Morgan fingerprint density at radius 1 is 1.23 bits per heavy atom. The Bertz CT molecular complexity index is 910. The van der Waals surface area contributed by atoms with Crippen LogP contribution in [0.3, 0.4) is 0 Å². The van der Waals surface area contributed by atoms with E-state index in [2.05, 4.69) is 30.6 Å². The van der Waals surface area contributed by atoms with Crippen LogP contribution in [-0.2, 0) is 6.42 Å². The number of aryl methyl sites for hydroxylation is 2. The quantitative estimate of drug-likeness (QED) is 0.347. The molecule has 1 aromatic carbocycles. The van der Waals surface area contributed by atoms with E-state index < -0.39 is 11.6 Å². The number of rotatable bonds is 9. The summed E-state index contributed by atoms with van der Waals surface area (Å²) in [6.45, 7) is 14.2. The van der Waals surface area contributed by atoms with Gasteiger partial charge in [-0.25, -0.2) is 8.78 Å². The van der Waals surface area contributed by atoms with Gasteiger partial charge in [-0.2, -0.15) is 5.10 Å². The number of aromatic amines is 1. The number of hydrogen-bond donors (Lipinski definition) is 2. The highest BCUT2D eigenvalue weighted by molar-refractivity contribution is 6.23. The predicted octanol–water partition coefficient (Wildman–Crippen LogP) is 6.62. The fourth-order valence-electron chi connectivity index (χ4n) is 3.11. The number of halogens is 2. The molecule has 0 atom stereocenters. The number of aliphatic imine (C=N–C) groups is 1. The second kappa shape index (κ2) is 13.5. The third-order valence-corrected chi connectivity index (χ3v) is 4.86. The molecular weight excluding hydrogens is 394 g/mol. The van der Waals surface area contributed by atoms with Gasteiger partial charge in [0.25, 0.3) is 0 Å². The fraction of sp³-hybridized carbons (Fsp3) is 0.440. The average molecular weight is 431 g/mol. The Morgan fingerprint density at radius 3 is 2.42 bits per heavy atom. The molecule has 1 heterocycles. The largest absolute Gasteiger partial charge is 0.404 e. The lowest BCUT2D eigenvalue weighted by Crippen LogP contribution is -2.07. The van der Waals surface area contributed by atoms with Crippen molar-refractivity contribution in [3.05, 3.63) is 65.1 Å². The smallest absolute Gasteiger partial charge is 0.136 e. The monoisotopic (exact) mass is 430 g/mol. The van der Waals surface area contributed by atoms with Gasteiger partial charge in [-0.1, -0.05) is 46.3 Å². The summed E-state index contributed by atoms with van der Waals surface area (Å²) >= 11 is 0. The SMILES string of the molecule is C=C(C)c1c(F)ccc(CC)c1F.CCCCN=C(CCC)/C(=C\N)c1[nH]ncc1C. The zero-order chi connectivity index (χ0) is 23.4. The molecular formula is C25H36F2N4. The minimum absolute atomic E-state index is 0.0133. The Kier molecular flexibility index (Phi) is 11.5. The Morgan fingerprint density at radius 2 is 1.94 bits per heavy atom. The van der Waals surface area contributed by atoms with Gasteiger partial charge in [0.2, 0.25) is 0 Å². The van der Waals surface area contributed by atoms with Crippen LogP contribution >= 0.6 is 0 Å². The van der Waals surface area contributed by atoms with Crippen LogP contribution in [0.1, 0.15) is 75.8 Å². The van der Waals surface area contributed by atoms with Gasteiger partial charge in [0.05, 0.1) is 11.9 Å². The van der Waals surface area contributed by atoms with Crippen LogP contribution in [0.4, 0.5) is 8.78 Å². The van der Waals surface area contributed by atoms with Gasteiger partial charge in [-0.05, 0) is 55.9 Å². The summed E-state index contributed by atoms with van der Waals surface area (Å²) < 4.78 is 26.6.